The lowest BCUT2D eigenvalue weighted by Gasteiger charge is -2.32. The fourth-order valence-corrected chi connectivity index (χ4v) is 3.37. The summed E-state index contributed by atoms with van der Waals surface area (Å²) in [5.41, 5.74) is 0.652. The van der Waals surface area contributed by atoms with Crippen LogP contribution in [0.15, 0.2) is 57.7 Å². The maximum atomic E-state index is 12.5. The molecular formula is C21H22N4O4. The Labute approximate surface area is 167 Å². The number of rotatable bonds is 6. The zero-order valence-corrected chi connectivity index (χ0v) is 15.9. The highest BCUT2D eigenvalue weighted by Crippen LogP contribution is 2.17. The molecule has 0 radical (unpaired) electrons. The van der Waals surface area contributed by atoms with Crippen molar-refractivity contribution < 1.29 is 18.5 Å². The summed E-state index contributed by atoms with van der Waals surface area (Å²) in [4.78, 5) is 30.8. The summed E-state index contributed by atoms with van der Waals surface area (Å²) in [7, 11) is 0. The van der Waals surface area contributed by atoms with Crippen molar-refractivity contribution in [2.45, 2.75) is 31.7 Å². The molecule has 8 nitrogen and oxygen atoms in total. The summed E-state index contributed by atoms with van der Waals surface area (Å²) in [5, 5.41) is 6.92. The topological polar surface area (TPSA) is 101 Å². The first-order valence-electron chi connectivity index (χ1n) is 9.69. The van der Waals surface area contributed by atoms with Crippen molar-refractivity contribution in [3.63, 3.8) is 0 Å². The highest BCUT2D eigenvalue weighted by Gasteiger charge is 2.24. The van der Waals surface area contributed by atoms with E-state index in [1.54, 1.807) is 30.5 Å². The van der Waals surface area contributed by atoms with E-state index in [0.29, 0.717) is 49.0 Å². The van der Waals surface area contributed by atoms with Gasteiger partial charge in [0.05, 0.1) is 6.26 Å². The molecule has 0 bridgehead atoms. The smallest absolute Gasteiger partial charge is 0.251 e. The maximum absolute atomic E-state index is 12.5. The Morgan fingerprint density at radius 3 is 2.62 bits per heavy atom. The molecule has 1 saturated heterocycles. The van der Waals surface area contributed by atoms with Crippen LogP contribution < -0.4 is 5.32 Å². The van der Waals surface area contributed by atoms with Crippen molar-refractivity contribution in [1.82, 2.24) is 20.4 Å². The number of aromatic nitrogens is 2. The molecule has 0 atom stereocenters. The van der Waals surface area contributed by atoms with Crippen LogP contribution in [0, 0.1) is 0 Å². The van der Waals surface area contributed by atoms with Gasteiger partial charge in [-0.05, 0) is 37.1 Å². The standard InChI is InChI=1S/C21H22N4O4/c26-19(9-8-18-23-20(24-29-18)17-7-4-14-28-17)25-12-10-16(11-13-25)22-21(27)15-5-2-1-3-6-15/h1-7,14,16H,8-13H2,(H,22,27). The lowest BCUT2D eigenvalue weighted by molar-refractivity contribution is -0.132. The Balaban J connectivity index is 1.22. The molecule has 2 amide bonds. The third-order valence-corrected chi connectivity index (χ3v) is 4.98. The summed E-state index contributed by atoms with van der Waals surface area (Å²) >= 11 is 0. The molecule has 4 rings (SSSR count). The molecular weight excluding hydrogens is 372 g/mol. The van der Waals surface area contributed by atoms with E-state index in [-0.39, 0.29) is 17.9 Å². The van der Waals surface area contributed by atoms with Crippen molar-refractivity contribution in [3.05, 3.63) is 60.2 Å². The Hall–Kier alpha value is -3.42. The molecule has 1 N–H and O–H groups in total. The Morgan fingerprint density at radius 1 is 1.10 bits per heavy atom. The van der Waals surface area contributed by atoms with Gasteiger partial charge in [-0.3, -0.25) is 9.59 Å². The normalized spacial score (nSPS) is 14.7. The quantitative estimate of drug-likeness (QED) is 0.690. The Bertz CT molecular complexity index is 944. The third kappa shape index (κ3) is 4.71. The number of aryl methyl sites for hydroxylation is 1. The van der Waals surface area contributed by atoms with Crippen molar-refractivity contribution >= 4 is 11.8 Å². The maximum Gasteiger partial charge on any atom is 0.251 e. The van der Waals surface area contributed by atoms with E-state index in [9.17, 15) is 9.59 Å². The zero-order valence-electron chi connectivity index (χ0n) is 15.9. The largest absolute Gasteiger partial charge is 0.461 e. The van der Waals surface area contributed by atoms with Crippen LogP contribution in [0.1, 0.15) is 35.5 Å². The minimum Gasteiger partial charge on any atom is -0.461 e. The van der Waals surface area contributed by atoms with Crippen molar-refractivity contribution in [2.24, 2.45) is 0 Å². The van der Waals surface area contributed by atoms with Gasteiger partial charge < -0.3 is 19.2 Å². The van der Waals surface area contributed by atoms with Crippen molar-refractivity contribution in [3.8, 4) is 11.6 Å². The van der Waals surface area contributed by atoms with Gasteiger partial charge in [0.15, 0.2) is 5.76 Å². The summed E-state index contributed by atoms with van der Waals surface area (Å²) < 4.78 is 10.4. The van der Waals surface area contributed by atoms with Gasteiger partial charge in [-0.1, -0.05) is 23.4 Å². The Morgan fingerprint density at radius 2 is 1.90 bits per heavy atom. The van der Waals surface area contributed by atoms with E-state index in [1.165, 1.54) is 0 Å². The lowest BCUT2D eigenvalue weighted by atomic mass is 10.0. The predicted octanol–water partition coefficient (Wildman–Crippen LogP) is 2.68. The SMILES string of the molecule is O=C(NC1CCN(C(=O)CCc2nc(-c3ccco3)no2)CC1)c1ccccc1. The molecule has 150 valence electrons. The van der Waals surface area contributed by atoms with Gasteiger partial charge >= 0.3 is 0 Å². The number of amides is 2. The molecule has 3 aromatic rings. The Kier molecular flexibility index (Phi) is 5.69. The molecule has 3 heterocycles. The summed E-state index contributed by atoms with van der Waals surface area (Å²) in [5.74, 6) is 1.31. The summed E-state index contributed by atoms with van der Waals surface area (Å²) in [6, 6.07) is 12.7. The van der Waals surface area contributed by atoms with E-state index >= 15 is 0 Å². The van der Waals surface area contributed by atoms with Crippen LogP contribution in [0.3, 0.4) is 0 Å². The molecule has 29 heavy (non-hydrogen) atoms. The molecule has 8 heteroatoms. The monoisotopic (exact) mass is 394 g/mol. The predicted molar refractivity (Wildman–Crippen MR) is 104 cm³/mol. The van der Waals surface area contributed by atoms with Gasteiger partial charge in [0.1, 0.15) is 0 Å². The van der Waals surface area contributed by atoms with Crippen LogP contribution in [-0.4, -0.2) is 46.0 Å². The average Bonchev–Trinajstić information content (AvgIpc) is 3.45. The minimum atomic E-state index is -0.0702. The first-order chi connectivity index (χ1) is 14.2. The number of nitrogens with one attached hydrogen (secondary N) is 1. The molecule has 1 aliphatic heterocycles. The van der Waals surface area contributed by atoms with Gasteiger partial charge in [-0.25, -0.2) is 0 Å². The second-order valence-corrected chi connectivity index (χ2v) is 6.98. The molecule has 1 aromatic carbocycles. The first-order valence-corrected chi connectivity index (χ1v) is 9.69. The van der Waals surface area contributed by atoms with Crippen molar-refractivity contribution in [2.75, 3.05) is 13.1 Å². The average molecular weight is 394 g/mol. The number of carbonyl (C=O) groups excluding carboxylic acids is 2. The molecule has 1 fully saturated rings. The summed E-state index contributed by atoms with van der Waals surface area (Å²) in [6.07, 6.45) is 3.72. The van der Waals surface area contributed by atoms with Gasteiger partial charge in [0.2, 0.25) is 17.6 Å². The first kappa shape index (κ1) is 18.9. The number of likely N-dealkylation sites (tertiary alicyclic amines) is 1. The molecule has 0 spiro atoms. The molecule has 2 aromatic heterocycles. The van der Waals surface area contributed by atoms with Crippen LogP contribution in [-0.2, 0) is 11.2 Å². The van der Waals surface area contributed by atoms with Crippen LogP contribution in [0.25, 0.3) is 11.6 Å². The minimum absolute atomic E-state index is 0.0515. The van der Waals surface area contributed by atoms with Crippen LogP contribution in [0.4, 0.5) is 0 Å². The highest BCUT2D eigenvalue weighted by molar-refractivity contribution is 5.94. The summed E-state index contributed by atoms with van der Waals surface area (Å²) in [6.45, 7) is 1.25. The second-order valence-electron chi connectivity index (χ2n) is 6.98. The highest BCUT2D eigenvalue weighted by atomic mass is 16.5. The van der Waals surface area contributed by atoms with Crippen LogP contribution in [0.5, 0.6) is 0 Å². The fraction of sp³-hybridized carbons (Fsp3) is 0.333. The number of nitrogens with zero attached hydrogens (tertiary/aromatic N) is 3. The number of furan rings is 1. The van der Waals surface area contributed by atoms with Crippen molar-refractivity contribution in [1.29, 1.82) is 0 Å². The molecule has 1 aliphatic rings. The van der Waals surface area contributed by atoms with Gasteiger partial charge in [0.25, 0.3) is 5.91 Å². The fourth-order valence-electron chi connectivity index (χ4n) is 3.37. The molecule has 0 saturated carbocycles. The number of hydrogen-bond acceptors (Lipinski definition) is 6. The zero-order chi connectivity index (χ0) is 20.1. The number of piperidine rings is 1. The van der Waals surface area contributed by atoms with E-state index in [4.69, 9.17) is 8.94 Å². The third-order valence-electron chi connectivity index (χ3n) is 4.98. The molecule has 0 aliphatic carbocycles. The van der Waals surface area contributed by atoms with E-state index in [0.717, 1.165) is 12.8 Å². The van der Waals surface area contributed by atoms with E-state index in [2.05, 4.69) is 15.5 Å². The van der Waals surface area contributed by atoms with E-state index < -0.39 is 0 Å². The van der Waals surface area contributed by atoms with Gasteiger partial charge in [-0.2, -0.15) is 4.98 Å². The lowest BCUT2D eigenvalue weighted by Crippen LogP contribution is -2.46. The number of benzene rings is 1. The second kappa shape index (κ2) is 8.72. The van der Waals surface area contributed by atoms with E-state index in [1.807, 2.05) is 23.1 Å². The number of hydrogen-bond donors (Lipinski definition) is 1. The van der Waals surface area contributed by atoms with Gasteiger partial charge in [-0.15, -0.1) is 0 Å². The molecule has 0 unspecified atom stereocenters. The van der Waals surface area contributed by atoms with Gasteiger partial charge in [0, 0.05) is 37.5 Å². The van der Waals surface area contributed by atoms with Crippen LogP contribution in [0.2, 0.25) is 0 Å². The van der Waals surface area contributed by atoms with Crippen LogP contribution >= 0.6 is 0 Å². The number of carbonyl (C=O) groups is 2.